The Labute approximate surface area is 76.2 Å². The number of amides is 1. The summed E-state index contributed by atoms with van der Waals surface area (Å²) in [6, 6.07) is 0. The molecule has 70 valence electrons. The van der Waals surface area contributed by atoms with Gasteiger partial charge in [0.2, 0.25) is 5.91 Å². The molecule has 4 nitrogen and oxygen atoms in total. The third-order valence-electron chi connectivity index (χ3n) is 2.04. The van der Waals surface area contributed by atoms with Crippen LogP contribution >= 0.6 is 0 Å². The van der Waals surface area contributed by atoms with Crippen LogP contribution in [0.4, 0.5) is 0 Å². The zero-order valence-corrected chi connectivity index (χ0v) is 7.41. The molecule has 4 heteroatoms. The van der Waals surface area contributed by atoms with Crippen molar-refractivity contribution >= 4 is 11.9 Å². The minimum atomic E-state index is -1.02. The first kappa shape index (κ1) is 9.51. The van der Waals surface area contributed by atoms with E-state index in [0.29, 0.717) is 12.2 Å². The van der Waals surface area contributed by atoms with Crippen molar-refractivity contribution in [2.24, 2.45) is 0 Å². The number of rotatable bonds is 3. The number of hydrogen-bond donors (Lipinski definition) is 1. The van der Waals surface area contributed by atoms with Crippen LogP contribution in [0.25, 0.3) is 0 Å². The summed E-state index contributed by atoms with van der Waals surface area (Å²) in [6.45, 7) is 5.51. The Morgan fingerprint density at radius 1 is 1.77 bits per heavy atom. The Hall–Kier alpha value is -1.58. The Bertz CT molecular complexity index is 304. The minimum Gasteiger partial charge on any atom is -0.478 e. The predicted octanol–water partition coefficient (Wildman–Crippen LogP) is 0.763. The standard InChI is InChI=1S/C9H11NO3/c1-3-4-10-6(2)7(9(12)13)5-8(10)11/h3H,1,4-5H2,2H3,(H,12,13). The smallest absolute Gasteiger partial charge is 0.333 e. The highest BCUT2D eigenvalue weighted by Gasteiger charge is 2.29. The minimum absolute atomic E-state index is 0.00495. The molecule has 1 aliphatic rings. The molecular formula is C9H11NO3. The van der Waals surface area contributed by atoms with Crippen LogP contribution in [0, 0.1) is 0 Å². The van der Waals surface area contributed by atoms with Crippen LogP contribution in [0.1, 0.15) is 13.3 Å². The van der Waals surface area contributed by atoms with E-state index in [4.69, 9.17) is 5.11 Å². The molecule has 0 saturated carbocycles. The second-order valence-electron chi connectivity index (χ2n) is 2.84. The number of aliphatic carboxylic acids is 1. The number of carboxylic acids is 1. The average Bonchev–Trinajstić information content (AvgIpc) is 2.32. The fraction of sp³-hybridized carbons (Fsp3) is 0.333. The first-order valence-electron chi connectivity index (χ1n) is 3.92. The molecule has 0 fully saturated rings. The van der Waals surface area contributed by atoms with Crippen LogP contribution in [0.2, 0.25) is 0 Å². The fourth-order valence-corrected chi connectivity index (χ4v) is 1.32. The Balaban J connectivity index is 2.94. The van der Waals surface area contributed by atoms with Gasteiger partial charge in [-0.25, -0.2) is 4.79 Å². The molecule has 0 aliphatic carbocycles. The molecule has 1 amide bonds. The Morgan fingerprint density at radius 3 is 2.77 bits per heavy atom. The maximum absolute atomic E-state index is 11.3. The largest absolute Gasteiger partial charge is 0.478 e. The van der Waals surface area contributed by atoms with Crippen molar-refractivity contribution in [2.75, 3.05) is 6.54 Å². The van der Waals surface area contributed by atoms with Gasteiger partial charge in [-0.15, -0.1) is 6.58 Å². The van der Waals surface area contributed by atoms with E-state index in [1.807, 2.05) is 0 Å². The van der Waals surface area contributed by atoms with Gasteiger partial charge in [0.25, 0.3) is 0 Å². The van der Waals surface area contributed by atoms with Crippen molar-refractivity contribution in [2.45, 2.75) is 13.3 Å². The lowest BCUT2D eigenvalue weighted by Gasteiger charge is -2.14. The van der Waals surface area contributed by atoms with Crippen molar-refractivity contribution in [3.63, 3.8) is 0 Å². The number of carboxylic acid groups (broad SMARTS) is 1. The molecule has 0 radical (unpaired) electrons. The molecule has 0 spiro atoms. The van der Waals surface area contributed by atoms with Crippen molar-refractivity contribution in [3.05, 3.63) is 23.9 Å². The molecular weight excluding hydrogens is 170 g/mol. The van der Waals surface area contributed by atoms with Gasteiger partial charge in [0, 0.05) is 12.2 Å². The van der Waals surface area contributed by atoms with Crippen LogP contribution in [0.5, 0.6) is 0 Å². The van der Waals surface area contributed by atoms with E-state index < -0.39 is 5.97 Å². The van der Waals surface area contributed by atoms with Gasteiger partial charge in [0.1, 0.15) is 0 Å². The average molecular weight is 181 g/mol. The van der Waals surface area contributed by atoms with E-state index in [-0.39, 0.29) is 17.9 Å². The monoisotopic (exact) mass is 181 g/mol. The summed E-state index contributed by atoms with van der Waals surface area (Å²) in [4.78, 5) is 23.3. The molecule has 0 atom stereocenters. The fourth-order valence-electron chi connectivity index (χ4n) is 1.32. The number of allylic oxidation sites excluding steroid dienone is 1. The summed E-state index contributed by atoms with van der Waals surface area (Å²) in [5, 5.41) is 8.72. The third kappa shape index (κ3) is 1.61. The number of carbonyl (C=O) groups excluding carboxylic acids is 1. The zero-order chi connectivity index (χ0) is 10.0. The van der Waals surface area contributed by atoms with E-state index in [2.05, 4.69) is 6.58 Å². The topological polar surface area (TPSA) is 57.6 Å². The lowest BCUT2D eigenvalue weighted by molar-refractivity contribution is -0.134. The quantitative estimate of drug-likeness (QED) is 0.654. The number of nitrogens with zero attached hydrogens (tertiary/aromatic N) is 1. The predicted molar refractivity (Wildman–Crippen MR) is 46.9 cm³/mol. The van der Waals surface area contributed by atoms with Gasteiger partial charge in [-0.05, 0) is 6.92 Å². The van der Waals surface area contributed by atoms with Gasteiger partial charge in [-0.1, -0.05) is 6.08 Å². The molecule has 0 unspecified atom stereocenters. The molecule has 0 saturated heterocycles. The summed E-state index contributed by atoms with van der Waals surface area (Å²) in [6.07, 6.45) is 1.57. The molecule has 0 aromatic rings. The van der Waals surface area contributed by atoms with Crippen molar-refractivity contribution < 1.29 is 14.7 Å². The highest BCUT2D eigenvalue weighted by molar-refractivity contribution is 5.99. The summed E-state index contributed by atoms with van der Waals surface area (Å²) in [5.41, 5.74) is 0.712. The second-order valence-corrected chi connectivity index (χ2v) is 2.84. The van der Waals surface area contributed by atoms with Crippen molar-refractivity contribution in [1.82, 2.24) is 4.90 Å². The Kier molecular flexibility index (Phi) is 2.51. The first-order chi connectivity index (χ1) is 6.07. The molecule has 1 rings (SSSR count). The van der Waals surface area contributed by atoms with E-state index >= 15 is 0 Å². The molecule has 0 aromatic heterocycles. The van der Waals surface area contributed by atoms with Crippen LogP contribution in [-0.4, -0.2) is 28.4 Å². The lowest BCUT2D eigenvalue weighted by Crippen LogP contribution is -2.23. The van der Waals surface area contributed by atoms with E-state index in [1.54, 1.807) is 13.0 Å². The van der Waals surface area contributed by atoms with Crippen molar-refractivity contribution in [3.8, 4) is 0 Å². The zero-order valence-electron chi connectivity index (χ0n) is 7.41. The molecule has 1 heterocycles. The summed E-state index contributed by atoms with van der Waals surface area (Å²) >= 11 is 0. The van der Waals surface area contributed by atoms with Gasteiger partial charge < -0.3 is 10.0 Å². The van der Waals surface area contributed by atoms with E-state index in [9.17, 15) is 9.59 Å². The van der Waals surface area contributed by atoms with Crippen LogP contribution in [0.15, 0.2) is 23.9 Å². The summed E-state index contributed by atoms with van der Waals surface area (Å²) in [5.74, 6) is -1.19. The van der Waals surface area contributed by atoms with Gasteiger partial charge in [0.15, 0.2) is 0 Å². The van der Waals surface area contributed by atoms with E-state index in [1.165, 1.54) is 4.90 Å². The molecule has 0 bridgehead atoms. The molecule has 0 aromatic carbocycles. The van der Waals surface area contributed by atoms with E-state index in [0.717, 1.165) is 0 Å². The van der Waals surface area contributed by atoms with Crippen LogP contribution in [-0.2, 0) is 9.59 Å². The summed E-state index contributed by atoms with van der Waals surface area (Å²) < 4.78 is 0. The lowest BCUT2D eigenvalue weighted by atomic mass is 10.2. The maximum atomic E-state index is 11.3. The van der Waals surface area contributed by atoms with Gasteiger partial charge >= 0.3 is 5.97 Å². The SMILES string of the molecule is C=CCN1C(=O)CC(C(=O)O)=C1C. The number of carbonyl (C=O) groups is 2. The van der Waals surface area contributed by atoms with Crippen LogP contribution in [0.3, 0.4) is 0 Å². The Morgan fingerprint density at radius 2 is 2.38 bits per heavy atom. The molecule has 1 N–H and O–H groups in total. The number of hydrogen-bond acceptors (Lipinski definition) is 2. The van der Waals surface area contributed by atoms with Gasteiger partial charge in [-0.2, -0.15) is 0 Å². The van der Waals surface area contributed by atoms with Gasteiger partial charge in [0.05, 0.1) is 12.0 Å². The van der Waals surface area contributed by atoms with Crippen LogP contribution < -0.4 is 0 Å². The first-order valence-corrected chi connectivity index (χ1v) is 3.92. The molecule has 1 aliphatic heterocycles. The highest BCUT2D eigenvalue weighted by atomic mass is 16.4. The highest BCUT2D eigenvalue weighted by Crippen LogP contribution is 2.23. The summed E-state index contributed by atoms with van der Waals surface area (Å²) in [7, 11) is 0. The molecule has 13 heavy (non-hydrogen) atoms. The second kappa shape index (κ2) is 3.43. The normalized spacial score (nSPS) is 16.7. The van der Waals surface area contributed by atoms with Crippen molar-refractivity contribution in [1.29, 1.82) is 0 Å². The van der Waals surface area contributed by atoms with Gasteiger partial charge in [-0.3, -0.25) is 4.79 Å². The third-order valence-corrected chi connectivity index (χ3v) is 2.04. The maximum Gasteiger partial charge on any atom is 0.333 e.